The van der Waals surface area contributed by atoms with Crippen LogP contribution in [-0.4, -0.2) is 20.2 Å². The van der Waals surface area contributed by atoms with E-state index in [0.29, 0.717) is 12.5 Å². The van der Waals surface area contributed by atoms with Crippen molar-refractivity contribution < 1.29 is 0 Å². The summed E-state index contributed by atoms with van der Waals surface area (Å²) in [6, 6.07) is 0. The lowest BCUT2D eigenvalue weighted by molar-refractivity contribution is 0.884. The van der Waals surface area contributed by atoms with E-state index in [1.807, 2.05) is 27.0 Å². The van der Waals surface area contributed by atoms with Gasteiger partial charge in [0, 0.05) is 11.1 Å². The Labute approximate surface area is 98.0 Å². The minimum atomic E-state index is 0.552. The SMILES string of the molecule is Cc1cnc(CNc2nnc(C)c(C)n2)s1. The van der Waals surface area contributed by atoms with Crippen LogP contribution >= 0.6 is 11.3 Å². The van der Waals surface area contributed by atoms with E-state index in [-0.39, 0.29) is 0 Å². The van der Waals surface area contributed by atoms with Crippen LogP contribution in [0.1, 0.15) is 21.3 Å². The fraction of sp³-hybridized carbons (Fsp3) is 0.400. The zero-order valence-electron chi connectivity index (χ0n) is 9.48. The number of nitrogens with zero attached hydrogens (tertiary/aromatic N) is 4. The number of nitrogens with one attached hydrogen (secondary N) is 1. The van der Waals surface area contributed by atoms with Gasteiger partial charge in [0.05, 0.1) is 17.9 Å². The maximum Gasteiger partial charge on any atom is 0.243 e. The zero-order chi connectivity index (χ0) is 11.5. The summed E-state index contributed by atoms with van der Waals surface area (Å²) in [5, 5.41) is 12.1. The van der Waals surface area contributed by atoms with Crippen molar-refractivity contribution in [2.75, 3.05) is 5.32 Å². The third-order valence-corrected chi connectivity index (χ3v) is 3.07. The van der Waals surface area contributed by atoms with Crippen molar-refractivity contribution in [3.8, 4) is 0 Å². The van der Waals surface area contributed by atoms with Gasteiger partial charge in [0.2, 0.25) is 5.95 Å². The van der Waals surface area contributed by atoms with E-state index >= 15 is 0 Å². The Morgan fingerprint density at radius 3 is 2.62 bits per heavy atom. The van der Waals surface area contributed by atoms with E-state index in [0.717, 1.165) is 16.4 Å². The predicted octanol–water partition coefficient (Wildman–Crippen LogP) is 1.87. The molecule has 0 radical (unpaired) electrons. The number of aryl methyl sites for hydroxylation is 3. The number of anilines is 1. The van der Waals surface area contributed by atoms with Gasteiger partial charge >= 0.3 is 0 Å². The van der Waals surface area contributed by atoms with Crippen molar-refractivity contribution in [3.63, 3.8) is 0 Å². The minimum Gasteiger partial charge on any atom is -0.346 e. The Hall–Kier alpha value is -1.56. The molecule has 0 aliphatic heterocycles. The number of aromatic nitrogens is 4. The number of hydrogen-bond donors (Lipinski definition) is 1. The third kappa shape index (κ3) is 2.52. The van der Waals surface area contributed by atoms with Crippen LogP contribution in [0.25, 0.3) is 0 Å². The Kier molecular flexibility index (Phi) is 3.09. The van der Waals surface area contributed by atoms with E-state index < -0.39 is 0 Å². The molecule has 2 heterocycles. The number of rotatable bonds is 3. The summed E-state index contributed by atoms with van der Waals surface area (Å²) >= 11 is 1.66. The average molecular weight is 235 g/mol. The van der Waals surface area contributed by atoms with Gasteiger partial charge in [-0.1, -0.05) is 0 Å². The van der Waals surface area contributed by atoms with Crippen LogP contribution in [0.15, 0.2) is 6.20 Å². The third-order valence-electron chi connectivity index (χ3n) is 2.16. The van der Waals surface area contributed by atoms with Gasteiger partial charge in [-0.3, -0.25) is 0 Å². The lowest BCUT2D eigenvalue weighted by Crippen LogP contribution is -2.06. The topological polar surface area (TPSA) is 63.6 Å². The van der Waals surface area contributed by atoms with Crippen molar-refractivity contribution in [1.82, 2.24) is 20.2 Å². The van der Waals surface area contributed by atoms with Crippen LogP contribution in [-0.2, 0) is 6.54 Å². The van der Waals surface area contributed by atoms with Crippen LogP contribution in [0.4, 0.5) is 5.95 Å². The average Bonchev–Trinajstić information content (AvgIpc) is 2.66. The van der Waals surface area contributed by atoms with E-state index in [4.69, 9.17) is 0 Å². The summed E-state index contributed by atoms with van der Waals surface area (Å²) < 4.78 is 0. The van der Waals surface area contributed by atoms with Crippen LogP contribution in [0, 0.1) is 20.8 Å². The summed E-state index contributed by atoms with van der Waals surface area (Å²) in [5.41, 5.74) is 1.75. The zero-order valence-corrected chi connectivity index (χ0v) is 10.3. The van der Waals surface area contributed by atoms with Gasteiger partial charge in [0.1, 0.15) is 5.01 Å². The molecule has 2 rings (SSSR count). The lowest BCUT2D eigenvalue weighted by atomic mass is 10.4. The molecule has 2 aromatic rings. The molecule has 0 aromatic carbocycles. The summed E-state index contributed by atoms with van der Waals surface area (Å²) in [6.45, 7) is 6.49. The molecule has 0 fully saturated rings. The van der Waals surface area contributed by atoms with Crippen LogP contribution < -0.4 is 5.32 Å². The molecule has 16 heavy (non-hydrogen) atoms. The van der Waals surface area contributed by atoms with Crippen molar-refractivity contribution >= 4 is 17.3 Å². The van der Waals surface area contributed by atoms with Crippen LogP contribution in [0.3, 0.4) is 0 Å². The first-order chi connectivity index (χ1) is 7.65. The van der Waals surface area contributed by atoms with Gasteiger partial charge in [-0.25, -0.2) is 9.97 Å². The highest BCUT2D eigenvalue weighted by atomic mass is 32.1. The Bertz CT molecular complexity index is 494. The maximum atomic E-state index is 4.29. The predicted molar refractivity (Wildman–Crippen MR) is 63.5 cm³/mol. The molecule has 5 nitrogen and oxygen atoms in total. The van der Waals surface area contributed by atoms with Gasteiger partial charge in [-0.15, -0.1) is 16.4 Å². The molecular weight excluding hydrogens is 222 g/mol. The van der Waals surface area contributed by atoms with Crippen LogP contribution in [0.2, 0.25) is 0 Å². The molecule has 84 valence electrons. The first-order valence-electron chi connectivity index (χ1n) is 4.98. The highest BCUT2D eigenvalue weighted by Crippen LogP contribution is 2.12. The normalized spacial score (nSPS) is 10.4. The van der Waals surface area contributed by atoms with E-state index in [9.17, 15) is 0 Å². The number of thiazole rings is 1. The molecule has 0 aliphatic rings. The fourth-order valence-corrected chi connectivity index (χ4v) is 1.90. The van der Waals surface area contributed by atoms with Gasteiger partial charge in [-0.2, -0.15) is 5.10 Å². The monoisotopic (exact) mass is 235 g/mol. The molecule has 0 atom stereocenters. The second kappa shape index (κ2) is 4.52. The Morgan fingerprint density at radius 2 is 2.00 bits per heavy atom. The molecule has 2 aromatic heterocycles. The summed E-state index contributed by atoms with van der Waals surface area (Å²) in [6.07, 6.45) is 1.86. The molecule has 0 unspecified atom stereocenters. The molecule has 0 spiro atoms. The molecule has 0 amide bonds. The highest BCUT2D eigenvalue weighted by Gasteiger charge is 2.02. The lowest BCUT2D eigenvalue weighted by Gasteiger charge is -2.03. The van der Waals surface area contributed by atoms with E-state index in [1.165, 1.54) is 4.88 Å². The van der Waals surface area contributed by atoms with Crippen molar-refractivity contribution in [2.24, 2.45) is 0 Å². The Morgan fingerprint density at radius 1 is 1.19 bits per heavy atom. The highest BCUT2D eigenvalue weighted by molar-refractivity contribution is 7.11. The molecule has 0 saturated heterocycles. The standard InChI is InChI=1S/C10H13N5S/c1-6-4-11-9(16-6)5-12-10-13-7(2)8(3)14-15-10/h4H,5H2,1-3H3,(H,12,13,15). The van der Waals surface area contributed by atoms with Crippen molar-refractivity contribution in [2.45, 2.75) is 27.3 Å². The second-order valence-electron chi connectivity index (χ2n) is 3.52. The van der Waals surface area contributed by atoms with Crippen molar-refractivity contribution in [3.05, 3.63) is 27.5 Å². The first kappa shape index (κ1) is 10.9. The largest absolute Gasteiger partial charge is 0.346 e. The maximum absolute atomic E-state index is 4.29. The van der Waals surface area contributed by atoms with Crippen molar-refractivity contribution in [1.29, 1.82) is 0 Å². The minimum absolute atomic E-state index is 0.552. The van der Waals surface area contributed by atoms with E-state index in [1.54, 1.807) is 11.3 Å². The fourth-order valence-electron chi connectivity index (χ4n) is 1.17. The quantitative estimate of drug-likeness (QED) is 0.879. The smallest absolute Gasteiger partial charge is 0.243 e. The Balaban J connectivity index is 2.02. The summed E-state index contributed by atoms with van der Waals surface area (Å²) in [7, 11) is 0. The summed E-state index contributed by atoms with van der Waals surface area (Å²) in [4.78, 5) is 9.74. The molecule has 1 N–H and O–H groups in total. The molecule has 0 aliphatic carbocycles. The number of hydrogen-bond acceptors (Lipinski definition) is 6. The second-order valence-corrected chi connectivity index (χ2v) is 4.84. The molecule has 6 heteroatoms. The van der Waals surface area contributed by atoms with Gasteiger partial charge < -0.3 is 5.32 Å². The van der Waals surface area contributed by atoms with Gasteiger partial charge in [0.25, 0.3) is 0 Å². The summed E-state index contributed by atoms with van der Waals surface area (Å²) in [5.74, 6) is 0.552. The van der Waals surface area contributed by atoms with Gasteiger partial charge in [0.15, 0.2) is 0 Å². The molecular formula is C10H13N5S. The first-order valence-corrected chi connectivity index (χ1v) is 5.80. The van der Waals surface area contributed by atoms with E-state index in [2.05, 4.69) is 25.5 Å². The van der Waals surface area contributed by atoms with Gasteiger partial charge in [-0.05, 0) is 20.8 Å². The molecule has 0 bridgehead atoms. The van der Waals surface area contributed by atoms with Crippen LogP contribution in [0.5, 0.6) is 0 Å². The molecule has 0 saturated carbocycles.